The minimum Gasteiger partial charge on any atom is -0.457 e. The molecule has 45 heavy (non-hydrogen) atoms. The number of aliphatic hydroxyl groups excluding tert-OH is 2. The lowest BCUT2D eigenvalue weighted by Gasteiger charge is -2.18. The largest absolute Gasteiger partial charge is 0.457 e. The number of unbranched alkanes of at least 4 members (excludes halogenated alkanes) is 3. The van der Waals surface area contributed by atoms with E-state index in [-0.39, 0.29) is 48.8 Å². The Morgan fingerprint density at radius 1 is 1.02 bits per heavy atom. The standard InChI is InChI=1S/C37H50O7S/c1-3-4-5-6-9-27-13-15-30(16-14-27)36(41)26-44-37(42)12-8-20-45-21-19-33-32(34(39)24-35(33)40)18-17-31(38)23-28-10-7-11-29(22-28)25-43-2/h7,10-11,13-18,22,31-34,38-39H,3-6,8-9,12,19-21,23-26H2,1-2H3/b18-17+/t31-,32-,33-,34-/m1/s1. The molecule has 0 bridgehead atoms. The summed E-state index contributed by atoms with van der Waals surface area (Å²) in [4.78, 5) is 37.2. The van der Waals surface area contributed by atoms with Gasteiger partial charge in [-0.2, -0.15) is 11.8 Å². The summed E-state index contributed by atoms with van der Waals surface area (Å²) >= 11 is 1.66. The Labute approximate surface area is 272 Å². The number of aliphatic hydroxyl groups is 2. The highest BCUT2D eigenvalue weighted by molar-refractivity contribution is 7.99. The second kappa shape index (κ2) is 20.4. The molecule has 0 amide bonds. The fraction of sp³-hybridized carbons (Fsp3) is 0.541. The lowest BCUT2D eigenvalue weighted by molar-refractivity contribution is -0.142. The molecule has 0 unspecified atom stereocenters. The molecular weight excluding hydrogens is 588 g/mol. The maximum absolute atomic E-state index is 12.6. The zero-order chi connectivity index (χ0) is 32.4. The average Bonchev–Trinajstić information content (AvgIpc) is 3.30. The van der Waals surface area contributed by atoms with E-state index in [1.807, 2.05) is 48.5 Å². The van der Waals surface area contributed by atoms with E-state index in [2.05, 4.69) is 6.92 Å². The van der Waals surface area contributed by atoms with Crippen molar-refractivity contribution in [3.8, 4) is 0 Å². The third-order valence-corrected chi connectivity index (χ3v) is 9.34. The maximum atomic E-state index is 12.6. The number of ether oxygens (including phenoxy) is 2. The van der Waals surface area contributed by atoms with E-state index >= 15 is 0 Å². The van der Waals surface area contributed by atoms with Crippen LogP contribution in [0.4, 0.5) is 0 Å². The topological polar surface area (TPSA) is 110 Å². The van der Waals surface area contributed by atoms with Gasteiger partial charge in [-0.25, -0.2) is 0 Å². The van der Waals surface area contributed by atoms with Crippen molar-refractivity contribution < 1.29 is 34.1 Å². The van der Waals surface area contributed by atoms with Gasteiger partial charge in [-0.1, -0.05) is 86.9 Å². The van der Waals surface area contributed by atoms with Gasteiger partial charge in [-0.05, 0) is 53.9 Å². The van der Waals surface area contributed by atoms with Gasteiger partial charge in [0.15, 0.2) is 12.4 Å². The number of ketones is 2. The third-order valence-electron chi connectivity index (χ3n) is 8.24. The normalized spacial score (nSPS) is 18.8. The van der Waals surface area contributed by atoms with Gasteiger partial charge >= 0.3 is 5.97 Å². The summed E-state index contributed by atoms with van der Waals surface area (Å²) in [7, 11) is 1.65. The zero-order valence-corrected chi connectivity index (χ0v) is 27.6. The van der Waals surface area contributed by atoms with E-state index < -0.39 is 12.2 Å². The second-order valence-corrected chi connectivity index (χ2v) is 13.2. The van der Waals surface area contributed by atoms with Gasteiger partial charge < -0.3 is 19.7 Å². The van der Waals surface area contributed by atoms with E-state index in [4.69, 9.17) is 9.47 Å². The molecule has 3 rings (SSSR count). The van der Waals surface area contributed by atoms with Crippen LogP contribution in [0.15, 0.2) is 60.7 Å². The Bertz CT molecular complexity index is 1230. The number of carbonyl (C=O) groups excluding carboxylic acids is 3. The molecule has 2 N–H and O–H groups in total. The molecule has 1 fully saturated rings. The van der Waals surface area contributed by atoms with Crippen LogP contribution < -0.4 is 0 Å². The summed E-state index contributed by atoms with van der Waals surface area (Å²) < 4.78 is 10.4. The van der Waals surface area contributed by atoms with E-state index in [1.165, 1.54) is 24.8 Å². The number of thioether (sulfide) groups is 1. The van der Waals surface area contributed by atoms with Gasteiger partial charge in [0.1, 0.15) is 5.78 Å². The van der Waals surface area contributed by atoms with Crippen LogP contribution in [0.5, 0.6) is 0 Å². The average molecular weight is 639 g/mol. The fourth-order valence-electron chi connectivity index (χ4n) is 5.72. The van der Waals surface area contributed by atoms with E-state index in [1.54, 1.807) is 31.0 Å². The van der Waals surface area contributed by atoms with Crippen LogP contribution >= 0.6 is 11.8 Å². The van der Waals surface area contributed by atoms with Crippen LogP contribution in [-0.4, -0.2) is 65.2 Å². The number of esters is 1. The molecule has 2 aromatic carbocycles. The monoisotopic (exact) mass is 638 g/mol. The number of benzene rings is 2. The molecule has 0 spiro atoms. The quantitative estimate of drug-likeness (QED) is 0.0709. The summed E-state index contributed by atoms with van der Waals surface area (Å²) in [6.07, 6.45) is 9.89. The van der Waals surface area contributed by atoms with E-state index in [0.29, 0.717) is 31.4 Å². The Balaban J connectivity index is 1.31. The molecule has 2 aromatic rings. The van der Waals surface area contributed by atoms with Crippen molar-refractivity contribution in [3.63, 3.8) is 0 Å². The molecule has 246 valence electrons. The molecule has 1 aliphatic carbocycles. The maximum Gasteiger partial charge on any atom is 0.306 e. The van der Waals surface area contributed by atoms with Crippen LogP contribution in [0.1, 0.15) is 85.3 Å². The predicted octanol–water partition coefficient (Wildman–Crippen LogP) is 6.31. The number of methoxy groups -OCH3 is 1. The minimum atomic E-state index is -0.744. The smallest absolute Gasteiger partial charge is 0.306 e. The molecule has 1 saturated carbocycles. The molecule has 0 aliphatic heterocycles. The number of carbonyl (C=O) groups is 3. The summed E-state index contributed by atoms with van der Waals surface area (Å²) in [6, 6.07) is 15.4. The Hall–Kier alpha value is -2.78. The van der Waals surface area contributed by atoms with Crippen LogP contribution in [0.3, 0.4) is 0 Å². The van der Waals surface area contributed by atoms with E-state index in [9.17, 15) is 24.6 Å². The van der Waals surface area contributed by atoms with Gasteiger partial charge in [0.05, 0.1) is 18.8 Å². The Kier molecular flexibility index (Phi) is 16.6. The molecular formula is C37H50O7S. The lowest BCUT2D eigenvalue weighted by atomic mass is 9.91. The van der Waals surface area contributed by atoms with Crippen molar-refractivity contribution in [2.75, 3.05) is 25.2 Å². The summed E-state index contributed by atoms with van der Waals surface area (Å²) in [5, 5.41) is 21.1. The van der Waals surface area contributed by atoms with Crippen LogP contribution in [0.2, 0.25) is 0 Å². The Morgan fingerprint density at radius 3 is 2.56 bits per heavy atom. The first-order valence-electron chi connectivity index (χ1n) is 16.3. The highest BCUT2D eigenvalue weighted by Crippen LogP contribution is 2.34. The SMILES string of the molecule is CCCCCCc1ccc(C(=O)COC(=O)CCCSCC[C@H]2C(=O)C[C@@H](O)[C@@H]2/C=C/[C@@H](O)Cc2cccc(COC)c2)cc1. The first-order valence-corrected chi connectivity index (χ1v) is 17.5. The van der Waals surface area contributed by atoms with Gasteiger partial charge in [0.2, 0.25) is 0 Å². The highest BCUT2D eigenvalue weighted by Gasteiger charge is 2.39. The molecule has 7 nitrogen and oxygen atoms in total. The van der Waals surface area contributed by atoms with Gasteiger partial charge in [0.25, 0.3) is 0 Å². The summed E-state index contributed by atoms with van der Waals surface area (Å²) in [5.74, 6) is 0.312. The fourth-order valence-corrected chi connectivity index (χ4v) is 6.69. The van der Waals surface area contributed by atoms with Crippen molar-refractivity contribution in [2.24, 2.45) is 11.8 Å². The molecule has 8 heteroatoms. The molecule has 0 saturated heterocycles. The molecule has 0 heterocycles. The third kappa shape index (κ3) is 13.2. The highest BCUT2D eigenvalue weighted by atomic mass is 32.2. The predicted molar refractivity (Wildman–Crippen MR) is 179 cm³/mol. The van der Waals surface area contributed by atoms with Crippen LogP contribution in [0.25, 0.3) is 0 Å². The molecule has 0 radical (unpaired) electrons. The number of aryl methyl sites for hydroxylation is 1. The van der Waals surface area contributed by atoms with Crippen molar-refractivity contribution in [2.45, 2.75) is 89.9 Å². The zero-order valence-electron chi connectivity index (χ0n) is 26.8. The number of rotatable bonds is 21. The number of Topliss-reactive ketones (excluding diaryl/α,β-unsaturated/α-hetero) is 2. The van der Waals surface area contributed by atoms with Crippen molar-refractivity contribution in [3.05, 3.63) is 82.9 Å². The van der Waals surface area contributed by atoms with Crippen molar-refractivity contribution >= 4 is 29.3 Å². The lowest BCUT2D eigenvalue weighted by Crippen LogP contribution is -2.20. The van der Waals surface area contributed by atoms with Crippen molar-refractivity contribution in [1.82, 2.24) is 0 Å². The first-order chi connectivity index (χ1) is 21.8. The first kappa shape index (κ1) is 36.7. The summed E-state index contributed by atoms with van der Waals surface area (Å²) in [5.41, 5.74) is 3.80. The molecule has 4 atom stereocenters. The van der Waals surface area contributed by atoms with Gasteiger partial charge in [-0.3, -0.25) is 14.4 Å². The number of hydrogen-bond acceptors (Lipinski definition) is 8. The van der Waals surface area contributed by atoms with Crippen molar-refractivity contribution in [1.29, 1.82) is 0 Å². The summed E-state index contributed by atoms with van der Waals surface area (Å²) in [6.45, 7) is 2.45. The molecule has 1 aliphatic rings. The van der Waals surface area contributed by atoms with Crippen LogP contribution in [0, 0.1) is 11.8 Å². The molecule has 0 aromatic heterocycles. The second-order valence-electron chi connectivity index (χ2n) is 11.9. The number of hydrogen-bond donors (Lipinski definition) is 2. The minimum absolute atomic E-state index is 0.0503. The van der Waals surface area contributed by atoms with Gasteiger partial charge in [-0.15, -0.1) is 0 Å². The van der Waals surface area contributed by atoms with Crippen LogP contribution in [-0.2, 0) is 38.5 Å². The Morgan fingerprint density at radius 2 is 1.80 bits per heavy atom. The van der Waals surface area contributed by atoms with E-state index in [0.717, 1.165) is 35.5 Å². The van der Waals surface area contributed by atoms with Gasteiger partial charge in [0, 0.05) is 43.8 Å².